The van der Waals surface area contributed by atoms with Crippen molar-refractivity contribution in [2.45, 2.75) is 26.2 Å². The van der Waals surface area contributed by atoms with Gasteiger partial charge in [-0.2, -0.15) is 0 Å². The van der Waals surface area contributed by atoms with Gasteiger partial charge in [0, 0.05) is 23.1 Å². The van der Waals surface area contributed by atoms with Crippen LogP contribution < -0.4 is 11.1 Å². The van der Waals surface area contributed by atoms with Crippen molar-refractivity contribution in [2.75, 3.05) is 11.9 Å². The molecule has 0 heterocycles. The Bertz CT molecular complexity index is 469. The van der Waals surface area contributed by atoms with Gasteiger partial charge >= 0.3 is 0 Å². The molecule has 1 fully saturated rings. The normalized spacial score (nSPS) is 17.6. The number of benzene rings is 1. The molecule has 1 aliphatic carbocycles. The molecule has 0 amide bonds. The number of aryl methyl sites for hydroxylation is 1. The summed E-state index contributed by atoms with van der Waals surface area (Å²) in [5.41, 5.74) is 8.07. The number of nitrogens with zero attached hydrogens (tertiary/aromatic N) is 1. The maximum Gasteiger partial charge on any atom is 0.139 e. The zero-order valence-electron chi connectivity index (χ0n) is 10.4. The van der Waals surface area contributed by atoms with Gasteiger partial charge in [-0.25, -0.2) is 0 Å². The summed E-state index contributed by atoms with van der Waals surface area (Å²) < 4.78 is 1.06. The van der Waals surface area contributed by atoms with Crippen molar-refractivity contribution in [3.63, 3.8) is 0 Å². The summed E-state index contributed by atoms with van der Waals surface area (Å²) in [5.74, 6) is 0.317. The molecule has 4 N–H and O–H groups in total. The van der Waals surface area contributed by atoms with Crippen molar-refractivity contribution in [3.8, 4) is 0 Å². The Hall–Kier alpha value is -1.23. The van der Waals surface area contributed by atoms with Gasteiger partial charge in [0.1, 0.15) is 5.84 Å². The Balaban J connectivity index is 1.97. The molecule has 1 aliphatic rings. The molecule has 4 nitrogen and oxygen atoms in total. The van der Waals surface area contributed by atoms with E-state index in [0.29, 0.717) is 12.3 Å². The minimum atomic E-state index is 0.166. The molecule has 0 unspecified atom stereocenters. The number of amidine groups is 1. The third-order valence-electron chi connectivity index (χ3n) is 3.42. The highest BCUT2D eigenvalue weighted by Crippen LogP contribution is 2.48. The smallest absolute Gasteiger partial charge is 0.139 e. The minimum Gasteiger partial charge on any atom is -0.409 e. The number of oxime groups is 1. The molecule has 0 aliphatic heterocycles. The van der Waals surface area contributed by atoms with E-state index in [1.807, 2.05) is 6.07 Å². The zero-order chi connectivity index (χ0) is 13.2. The molecule has 1 aromatic carbocycles. The van der Waals surface area contributed by atoms with Gasteiger partial charge in [-0.1, -0.05) is 11.2 Å². The van der Waals surface area contributed by atoms with Crippen LogP contribution in [0.4, 0.5) is 5.69 Å². The van der Waals surface area contributed by atoms with Gasteiger partial charge in [-0.15, -0.1) is 0 Å². The Morgan fingerprint density at radius 2 is 2.28 bits per heavy atom. The Morgan fingerprint density at radius 3 is 2.89 bits per heavy atom. The highest BCUT2D eigenvalue weighted by atomic mass is 79.9. The first-order valence-electron chi connectivity index (χ1n) is 6.01. The molecule has 0 atom stereocenters. The van der Waals surface area contributed by atoms with E-state index in [2.05, 4.69) is 45.5 Å². The summed E-state index contributed by atoms with van der Waals surface area (Å²) in [6.07, 6.45) is 2.90. The van der Waals surface area contributed by atoms with Gasteiger partial charge in [-0.05, 0) is 58.8 Å². The van der Waals surface area contributed by atoms with Crippen LogP contribution in [0.3, 0.4) is 0 Å². The monoisotopic (exact) mass is 311 g/mol. The second kappa shape index (κ2) is 5.18. The summed E-state index contributed by atoms with van der Waals surface area (Å²) in [6, 6.07) is 6.23. The molecule has 98 valence electrons. The molecule has 2 rings (SSSR count). The zero-order valence-corrected chi connectivity index (χ0v) is 12.0. The fourth-order valence-electron chi connectivity index (χ4n) is 2.07. The molecule has 5 heteroatoms. The lowest BCUT2D eigenvalue weighted by atomic mass is 10.0. The van der Waals surface area contributed by atoms with E-state index in [0.717, 1.165) is 29.5 Å². The third-order valence-corrected chi connectivity index (χ3v) is 4.11. The fourth-order valence-corrected chi connectivity index (χ4v) is 2.46. The minimum absolute atomic E-state index is 0.166. The predicted molar refractivity (Wildman–Crippen MR) is 77.1 cm³/mol. The molecule has 1 aromatic rings. The van der Waals surface area contributed by atoms with Crippen LogP contribution in [-0.4, -0.2) is 17.6 Å². The number of halogens is 1. The number of nitrogens with one attached hydrogen (secondary N) is 1. The maximum atomic E-state index is 8.63. The lowest BCUT2D eigenvalue weighted by Gasteiger charge is -2.17. The van der Waals surface area contributed by atoms with Crippen LogP contribution in [0.2, 0.25) is 0 Å². The van der Waals surface area contributed by atoms with E-state index in [-0.39, 0.29) is 5.41 Å². The van der Waals surface area contributed by atoms with Crippen LogP contribution in [-0.2, 0) is 0 Å². The van der Waals surface area contributed by atoms with Crippen LogP contribution >= 0.6 is 15.9 Å². The number of anilines is 1. The van der Waals surface area contributed by atoms with E-state index in [1.165, 1.54) is 5.56 Å². The molecule has 0 spiro atoms. The lowest BCUT2D eigenvalue weighted by molar-refractivity contribution is 0.315. The topological polar surface area (TPSA) is 70.6 Å². The van der Waals surface area contributed by atoms with Crippen molar-refractivity contribution >= 4 is 27.5 Å². The van der Waals surface area contributed by atoms with Crippen LogP contribution in [0.1, 0.15) is 24.8 Å². The van der Waals surface area contributed by atoms with Crippen LogP contribution in [0, 0.1) is 12.3 Å². The largest absolute Gasteiger partial charge is 0.409 e. The SMILES string of the molecule is Cc1ccc(Br)c(NCC2(C/C(N)=N/O)CC2)c1. The van der Waals surface area contributed by atoms with E-state index >= 15 is 0 Å². The van der Waals surface area contributed by atoms with Gasteiger partial charge in [0.15, 0.2) is 0 Å². The van der Waals surface area contributed by atoms with Gasteiger partial charge in [0.05, 0.1) is 0 Å². The second-order valence-corrected chi connectivity index (χ2v) is 5.96. The number of nitrogens with two attached hydrogens (primary N) is 1. The number of hydrogen-bond acceptors (Lipinski definition) is 3. The quantitative estimate of drug-likeness (QED) is 0.339. The van der Waals surface area contributed by atoms with Gasteiger partial charge in [-0.3, -0.25) is 0 Å². The van der Waals surface area contributed by atoms with Gasteiger partial charge < -0.3 is 16.3 Å². The molecule has 0 aromatic heterocycles. The Kier molecular flexibility index (Phi) is 3.80. The van der Waals surface area contributed by atoms with E-state index in [4.69, 9.17) is 10.9 Å². The lowest BCUT2D eigenvalue weighted by Crippen LogP contribution is -2.23. The first-order chi connectivity index (χ1) is 8.54. The summed E-state index contributed by atoms with van der Waals surface area (Å²) in [5, 5.41) is 15.1. The average Bonchev–Trinajstić information content (AvgIpc) is 3.10. The second-order valence-electron chi connectivity index (χ2n) is 5.10. The number of hydrogen-bond donors (Lipinski definition) is 3. The molecule has 0 saturated heterocycles. The van der Waals surface area contributed by atoms with Gasteiger partial charge in [0.25, 0.3) is 0 Å². The first-order valence-corrected chi connectivity index (χ1v) is 6.80. The van der Waals surface area contributed by atoms with Crippen molar-refractivity contribution < 1.29 is 5.21 Å². The summed E-state index contributed by atoms with van der Waals surface area (Å²) >= 11 is 3.53. The highest BCUT2D eigenvalue weighted by molar-refractivity contribution is 9.10. The summed E-state index contributed by atoms with van der Waals surface area (Å²) in [7, 11) is 0. The summed E-state index contributed by atoms with van der Waals surface area (Å²) in [4.78, 5) is 0. The van der Waals surface area contributed by atoms with Gasteiger partial charge in [0.2, 0.25) is 0 Å². The van der Waals surface area contributed by atoms with Crippen LogP contribution in [0.25, 0.3) is 0 Å². The number of rotatable bonds is 5. The van der Waals surface area contributed by atoms with Crippen molar-refractivity contribution in [3.05, 3.63) is 28.2 Å². The molecular formula is C13H18BrN3O. The van der Waals surface area contributed by atoms with Crippen molar-refractivity contribution in [1.82, 2.24) is 0 Å². The van der Waals surface area contributed by atoms with Crippen molar-refractivity contribution in [1.29, 1.82) is 0 Å². The van der Waals surface area contributed by atoms with E-state index in [9.17, 15) is 0 Å². The standard InChI is InChI=1S/C13H18BrN3O/c1-9-2-3-10(14)11(6-9)16-8-13(4-5-13)7-12(15)17-18/h2-3,6,16,18H,4-5,7-8H2,1H3,(H2,15,17). The van der Waals surface area contributed by atoms with Crippen molar-refractivity contribution in [2.24, 2.45) is 16.3 Å². The molecular weight excluding hydrogens is 294 g/mol. The molecule has 0 bridgehead atoms. The predicted octanol–water partition coefficient (Wildman–Crippen LogP) is 3.09. The van der Waals surface area contributed by atoms with Crippen LogP contribution in [0.15, 0.2) is 27.8 Å². The maximum absolute atomic E-state index is 8.63. The summed E-state index contributed by atoms with van der Waals surface area (Å²) in [6.45, 7) is 2.92. The third kappa shape index (κ3) is 3.16. The fraction of sp³-hybridized carbons (Fsp3) is 0.462. The molecule has 0 radical (unpaired) electrons. The molecule has 1 saturated carbocycles. The molecule has 18 heavy (non-hydrogen) atoms. The van der Waals surface area contributed by atoms with E-state index in [1.54, 1.807) is 0 Å². The Morgan fingerprint density at radius 1 is 1.56 bits per heavy atom. The average molecular weight is 312 g/mol. The Labute approximate surface area is 115 Å². The van der Waals surface area contributed by atoms with Crippen LogP contribution in [0.5, 0.6) is 0 Å². The first kappa shape index (κ1) is 13.2. The van der Waals surface area contributed by atoms with E-state index < -0.39 is 0 Å². The highest BCUT2D eigenvalue weighted by Gasteiger charge is 2.43.